The van der Waals surface area contributed by atoms with Crippen molar-refractivity contribution in [3.63, 3.8) is 0 Å². The van der Waals surface area contributed by atoms with Crippen molar-refractivity contribution < 1.29 is 19.1 Å². The first-order valence-electron chi connectivity index (χ1n) is 9.28. The Labute approximate surface area is 162 Å². The summed E-state index contributed by atoms with van der Waals surface area (Å²) < 4.78 is 10.6. The molecule has 1 atom stereocenters. The number of carbonyl (C=O) groups excluding carboxylic acids is 2. The van der Waals surface area contributed by atoms with Gasteiger partial charge in [-0.3, -0.25) is 10.4 Å². The molecule has 0 aliphatic heterocycles. The highest BCUT2D eigenvalue weighted by atomic mass is 16.6. The van der Waals surface area contributed by atoms with Crippen molar-refractivity contribution in [2.45, 2.75) is 58.3 Å². The number of rotatable bonds is 10. The number of hydrazine groups is 1. The van der Waals surface area contributed by atoms with Gasteiger partial charge >= 0.3 is 12.1 Å². The second kappa shape index (κ2) is 11.6. The Morgan fingerprint density at radius 2 is 1.78 bits per heavy atom. The van der Waals surface area contributed by atoms with Gasteiger partial charge in [-0.05, 0) is 45.6 Å². The summed E-state index contributed by atoms with van der Waals surface area (Å²) in [6.45, 7) is 6.36. The number of hydrogen-bond acceptors (Lipinski definition) is 6. The third kappa shape index (κ3) is 11.2. The van der Waals surface area contributed by atoms with E-state index < -0.39 is 23.7 Å². The molecule has 0 aliphatic rings. The van der Waals surface area contributed by atoms with E-state index in [1.54, 1.807) is 20.8 Å². The maximum Gasteiger partial charge on any atom is 0.408 e. The molecule has 0 saturated carbocycles. The minimum absolute atomic E-state index is 0.153. The van der Waals surface area contributed by atoms with Crippen LogP contribution >= 0.6 is 0 Å². The minimum atomic E-state index is -0.730. The average molecular weight is 380 g/mol. The van der Waals surface area contributed by atoms with Gasteiger partial charge in [0.15, 0.2) is 0 Å². The highest BCUT2D eigenvalue weighted by molar-refractivity contribution is 5.81. The fraction of sp³-hybridized carbons (Fsp3) is 0.600. The maximum absolute atomic E-state index is 12.4. The molecular formula is C20H33N3O4. The predicted octanol–water partition coefficient (Wildman–Crippen LogP) is 2.86. The van der Waals surface area contributed by atoms with Crippen molar-refractivity contribution in [2.75, 3.05) is 20.6 Å². The fourth-order valence-corrected chi connectivity index (χ4v) is 2.31. The fourth-order valence-electron chi connectivity index (χ4n) is 2.31. The van der Waals surface area contributed by atoms with Gasteiger partial charge in [-0.15, -0.1) is 0 Å². The van der Waals surface area contributed by atoms with Crippen molar-refractivity contribution >= 4 is 12.1 Å². The summed E-state index contributed by atoms with van der Waals surface area (Å²) in [6.07, 6.45) is 1.51. The van der Waals surface area contributed by atoms with Gasteiger partial charge < -0.3 is 14.8 Å². The van der Waals surface area contributed by atoms with Crippen LogP contribution in [-0.2, 0) is 20.9 Å². The van der Waals surface area contributed by atoms with Crippen LogP contribution in [0, 0.1) is 0 Å². The zero-order valence-electron chi connectivity index (χ0n) is 17.1. The number of alkyl carbamates (subject to hydrolysis) is 1. The molecule has 0 bridgehead atoms. The van der Waals surface area contributed by atoms with Crippen molar-refractivity contribution in [2.24, 2.45) is 0 Å². The lowest BCUT2D eigenvalue weighted by atomic mass is 10.1. The molecule has 0 aliphatic carbocycles. The zero-order chi connectivity index (χ0) is 20.3. The second-order valence-electron chi connectivity index (χ2n) is 7.59. The number of unbranched alkanes of at least 4 members (excludes halogenated alkanes) is 1. The normalized spacial score (nSPS) is 12.5. The molecule has 0 saturated heterocycles. The van der Waals surface area contributed by atoms with Gasteiger partial charge in [-0.1, -0.05) is 30.3 Å². The molecule has 0 unspecified atom stereocenters. The van der Waals surface area contributed by atoms with E-state index in [1.807, 2.05) is 49.4 Å². The monoisotopic (exact) mass is 379 g/mol. The molecule has 0 heterocycles. The molecule has 7 heteroatoms. The summed E-state index contributed by atoms with van der Waals surface area (Å²) in [6, 6.07) is 8.66. The quantitative estimate of drug-likeness (QED) is 0.370. The van der Waals surface area contributed by atoms with Crippen molar-refractivity contribution in [1.29, 1.82) is 0 Å². The van der Waals surface area contributed by atoms with Crippen molar-refractivity contribution in [3.8, 4) is 0 Å². The van der Waals surface area contributed by atoms with Gasteiger partial charge in [-0.25, -0.2) is 9.59 Å². The summed E-state index contributed by atoms with van der Waals surface area (Å²) in [4.78, 5) is 24.5. The largest absolute Gasteiger partial charge is 0.458 e. The molecule has 1 aromatic rings. The molecule has 7 nitrogen and oxygen atoms in total. The van der Waals surface area contributed by atoms with E-state index in [0.29, 0.717) is 6.42 Å². The summed E-state index contributed by atoms with van der Waals surface area (Å²) in [5, 5.41) is 4.52. The minimum Gasteiger partial charge on any atom is -0.458 e. The van der Waals surface area contributed by atoms with E-state index in [4.69, 9.17) is 9.47 Å². The van der Waals surface area contributed by atoms with E-state index in [2.05, 4.69) is 10.7 Å². The number of amides is 1. The van der Waals surface area contributed by atoms with E-state index in [0.717, 1.165) is 24.9 Å². The van der Waals surface area contributed by atoms with E-state index in [9.17, 15) is 9.59 Å². The zero-order valence-corrected chi connectivity index (χ0v) is 17.1. The van der Waals surface area contributed by atoms with Crippen LogP contribution in [0.3, 0.4) is 0 Å². The third-order valence-corrected chi connectivity index (χ3v) is 3.54. The van der Waals surface area contributed by atoms with Gasteiger partial charge in [0.2, 0.25) is 0 Å². The van der Waals surface area contributed by atoms with Crippen molar-refractivity contribution in [3.05, 3.63) is 35.9 Å². The highest BCUT2D eigenvalue weighted by Crippen LogP contribution is 2.12. The van der Waals surface area contributed by atoms with Gasteiger partial charge in [0.25, 0.3) is 0 Å². The molecule has 2 N–H and O–H groups in total. The van der Waals surface area contributed by atoms with Gasteiger partial charge in [-0.2, -0.15) is 0 Å². The Kier molecular flexibility index (Phi) is 9.82. The van der Waals surface area contributed by atoms with Gasteiger partial charge in [0, 0.05) is 20.6 Å². The van der Waals surface area contributed by atoms with Crippen LogP contribution < -0.4 is 10.7 Å². The number of nitrogens with zero attached hydrogens (tertiary/aromatic N) is 1. The molecule has 1 rings (SSSR count). The van der Waals surface area contributed by atoms with E-state index >= 15 is 0 Å². The number of esters is 1. The Hall–Kier alpha value is -2.12. The lowest BCUT2D eigenvalue weighted by Gasteiger charge is -2.24. The van der Waals surface area contributed by atoms with E-state index in [-0.39, 0.29) is 6.61 Å². The molecule has 0 spiro atoms. The lowest BCUT2D eigenvalue weighted by Crippen LogP contribution is -2.44. The molecular weight excluding hydrogens is 346 g/mol. The highest BCUT2D eigenvalue weighted by Gasteiger charge is 2.26. The summed E-state index contributed by atoms with van der Waals surface area (Å²) >= 11 is 0. The van der Waals surface area contributed by atoms with Crippen LogP contribution in [0.25, 0.3) is 0 Å². The Morgan fingerprint density at radius 1 is 1.11 bits per heavy atom. The smallest absolute Gasteiger partial charge is 0.408 e. The molecule has 27 heavy (non-hydrogen) atoms. The maximum atomic E-state index is 12.4. The van der Waals surface area contributed by atoms with Crippen LogP contribution in [0.4, 0.5) is 4.79 Å². The topological polar surface area (TPSA) is 79.9 Å². The van der Waals surface area contributed by atoms with Gasteiger partial charge in [0.1, 0.15) is 18.2 Å². The molecule has 0 aromatic heterocycles. The van der Waals surface area contributed by atoms with Gasteiger partial charge in [0.05, 0.1) is 0 Å². The van der Waals surface area contributed by atoms with Crippen LogP contribution in [0.5, 0.6) is 0 Å². The van der Waals surface area contributed by atoms with Crippen LogP contribution in [0.15, 0.2) is 30.3 Å². The number of carbonyl (C=O) groups is 2. The predicted molar refractivity (Wildman–Crippen MR) is 105 cm³/mol. The summed E-state index contributed by atoms with van der Waals surface area (Å²) in [5.74, 6) is -0.445. The molecule has 1 amide bonds. The lowest BCUT2D eigenvalue weighted by molar-refractivity contribution is -0.157. The summed E-state index contributed by atoms with van der Waals surface area (Å²) in [5.41, 5.74) is 3.44. The van der Waals surface area contributed by atoms with Crippen LogP contribution in [0.1, 0.15) is 45.6 Å². The van der Waals surface area contributed by atoms with Crippen LogP contribution in [-0.4, -0.2) is 49.4 Å². The number of benzene rings is 1. The number of hydrogen-bond donors (Lipinski definition) is 2. The average Bonchev–Trinajstić information content (AvgIpc) is 2.57. The number of nitrogens with one attached hydrogen (secondary N) is 2. The molecule has 1 aromatic carbocycles. The Bertz CT molecular complexity index is 570. The van der Waals surface area contributed by atoms with Crippen molar-refractivity contribution in [1.82, 2.24) is 15.8 Å². The first-order valence-corrected chi connectivity index (χ1v) is 9.28. The standard InChI is InChI=1S/C20H33N3O4/c1-20(2,3)27-18(24)17(13-9-10-14-21-23(4)5)22-19(25)26-15-16-11-7-6-8-12-16/h6-8,11-12,17,21H,9-10,13-15H2,1-5H3,(H,22,25)/t17-/m0/s1. The first kappa shape index (κ1) is 22.9. The third-order valence-electron chi connectivity index (χ3n) is 3.54. The molecule has 0 fully saturated rings. The molecule has 0 radical (unpaired) electrons. The summed E-state index contributed by atoms with van der Waals surface area (Å²) in [7, 11) is 3.85. The number of ether oxygens (including phenoxy) is 2. The van der Waals surface area contributed by atoms with E-state index in [1.165, 1.54) is 0 Å². The second-order valence-corrected chi connectivity index (χ2v) is 7.59. The Morgan fingerprint density at radius 3 is 2.37 bits per heavy atom. The SMILES string of the molecule is CN(C)NCCCC[C@H](NC(=O)OCc1ccccc1)C(=O)OC(C)(C)C. The molecule has 152 valence electrons. The van der Waals surface area contributed by atoms with Crippen LogP contribution in [0.2, 0.25) is 0 Å². The first-order chi connectivity index (χ1) is 12.7. The Balaban J connectivity index is 2.52.